The Labute approximate surface area is 141 Å². The molecule has 2 nitrogen and oxygen atoms in total. The number of nitrogens with one attached hydrogen (secondary N) is 1. The summed E-state index contributed by atoms with van der Waals surface area (Å²) in [4.78, 5) is 0. The number of hydrogen-bond acceptors (Lipinski definition) is 2. The van der Waals surface area contributed by atoms with E-state index in [1.54, 1.807) is 12.1 Å². The van der Waals surface area contributed by atoms with Gasteiger partial charge in [-0.3, -0.25) is 0 Å². The van der Waals surface area contributed by atoms with Crippen molar-refractivity contribution in [2.75, 3.05) is 5.32 Å². The third-order valence-electron chi connectivity index (χ3n) is 3.23. The van der Waals surface area contributed by atoms with Crippen LogP contribution in [0.2, 0.25) is 10.0 Å². The minimum Gasteiger partial charge on any atom is -0.459 e. The molecule has 108 valence electrons. The van der Waals surface area contributed by atoms with Gasteiger partial charge in [-0.1, -0.05) is 39.1 Å². The third-order valence-corrected chi connectivity index (χ3v) is 4.27. The number of rotatable bonds is 3. The molecule has 0 spiro atoms. The van der Waals surface area contributed by atoms with Gasteiger partial charge in [-0.05, 0) is 49.4 Å². The van der Waals surface area contributed by atoms with E-state index in [-0.39, 0.29) is 6.04 Å². The van der Waals surface area contributed by atoms with Crippen molar-refractivity contribution in [2.45, 2.75) is 13.0 Å². The molecule has 1 N–H and O–H groups in total. The lowest BCUT2D eigenvalue weighted by atomic mass is 10.2. The maximum Gasteiger partial charge on any atom is 0.134 e. The highest BCUT2D eigenvalue weighted by atomic mass is 79.9. The van der Waals surface area contributed by atoms with Crippen molar-refractivity contribution < 1.29 is 4.42 Å². The number of furan rings is 1. The van der Waals surface area contributed by atoms with Crippen LogP contribution >= 0.6 is 39.1 Å². The molecule has 1 aromatic heterocycles. The number of fused-ring (bicyclic) bond motifs is 1. The van der Waals surface area contributed by atoms with Crippen LogP contribution in [-0.2, 0) is 0 Å². The van der Waals surface area contributed by atoms with E-state index in [9.17, 15) is 0 Å². The van der Waals surface area contributed by atoms with Crippen LogP contribution in [0.1, 0.15) is 18.7 Å². The zero-order valence-corrected chi connectivity index (χ0v) is 14.3. The molecule has 2 aromatic carbocycles. The summed E-state index contributed by atoms with van der Waals surface area (Å²) in [5, 5.41) is 5.61. The fraction of sp³-hybridized carbons (Fsp3) is 0.125. The van der Waals surface area contributed by atoms with Gasteiger partial charge in [0, 0.05) is 14.9 Å². The van der Waals surface area contributed by atoms with Crippen LogP contribution < -0.4 is 5.32 Å². The smallest absolute Gasteiger partial charge is 0.134 e. The molecule has 0 saturated heterocycles. The van der Waals surface area contributed by atoms with Gasteiger partial charge >= 0.3 is 0 Å². The van der Waals surface area contributed by atoms with Crippen molar-refractivity contribution in [3.05, 3.63) is 62.7 Å². The third kappa shape index (κ3) is 3.20. The van der Waals surface area contributed by atoms with Gasteiger partial charge in [0.25, 0.3) is 0 Å². The zero-order valence-electron chi connectivity index (χ0n) is 11.2. The summed E-state index contributed by atoms with van der Waals surface area (Å²) in [6.45, 7) is 2.03. The normalized spacial score (nSPS) is 12.6. The molecule has 3 aromatic rings. The van der Waals surface area contributed by atoms with E-state index >= 15 is 0 Å². The number of anilines is 1. The molecular weight excluding hydrogens is 373 g/mol. The molecule has 5 heteroatoms. The number of halogens is 3. The minimum absolute atomic E-state index is 0.00477. The molecule has 3 rings (SSSR count). The molecular formula is C16H12BrCl2NO. The average Bonchev–Trinajstić information content (AvgIpc) is 2.85. The molecule has 1 atom stereocenters. The summed E-state index contributed by atoms with van der Waals surface area (Å²) < 4.78 is 6.90. The summed E-state index contributed by atoms with van der Waals surface area (Å²) in [6.07, 6.45) is 0. The molecule has 0 aliphatic heterocycles. The molecule has 0 aliphatic carbocycles. The predicted octanol–water partition coefficient (Wildman–Crippen LogP) is 6.68. The molecule has 0 bridgehead atoms. The van der Waals surface area contributed by atoms with Gasteiger partial charge in [-0.2, -0.15) is 0 Å². The Hall–Kier alpha value is -1.16. The summed E-state index contributed by atoms with van der Waals surface area (Å²) in [7, 11) is 0. The predicted molar refractivity (Wildman–Crippen MR) is 92.4 cm³/mol. The second kappa shape index (κ2) is 5.91. The Morgan fingerprint density at radius 3 is 2.67 bits per heavy atom. The fourth-order valence-corrected chi connectivity index (χ4v) is 3.00. The Balaban J connectivity index is 1.87. The molecule has 0 saturated carbocycles. The summed E-state index contributed by atoms with van der Waals surface area (Å²) >= 11 is 15.5. The van der Waals surface area contributed by atoms with Gasteiger partial charge < -0.3 is 9.73 Å². The van der Waals surface area contributed by atoms with Crippen molar-refractivity contribution in [3.8, 4) is 0 Å². The van der Waals surface area contributed by atoms with Crippen LogP contribution in [-0.4, -0.2) is 0 Å². The monoisotopic (exact) mass is 383 g/mol. The molecule has 21 heavy (non-hydrogen) atoms. The lowest BCUT2D eigenvalue weighted by molar-refractivity contribution is 0.526. The molecule has 0 radical (unpaired) electrons. The Morgan fingerprint density at radius 1 is 1.10 bits per heavy atom. The highest BCUT2D eigenvalue weighted by Gasteiger charge is 2.13. The second-order valence-electron chi connectivity index (χ2n) is 4.82. The summed E-state index contributed by atoms with van der Waals surface area (Å²) in [5.41, 5.74) is 1.69. The van der Waals surface area contributed by atoms with Crippen molar-refractivity contribution >= 4 is 55.8 Å². The SMILES string of the molecule is CC(Nc1ccc(Cl)cc1Cl)c1cc2cc(Br)ccc2o1. The largest absolute Gasteiger partial charge is 0.459 e. The van der Waals surface area contributed by atoms with Crippen LogP contribution in [0, 0.1) is 0 Å². The molecule has 1 heterocycles. The topological polar surface area (TPSA) is 25.2 Å². The fourth-order valence-electron chi connectivity index (χ4n) is 2.16. The molecule has 0 amide bonds. The maximum absolute atomic E-state index is 6.18. The molecule has 0 fully saturated rings. The van der Waals surface area contributed by atoms with E-state index in [0.717, 1.165) is 26.9 Å². The highest BCUT2D eigenvalue weighted by Crippen LogP contribution is 2.31. The van der Waals surface area contributed by atoms with E-state index < -0.39 is 0 Å². The van der Waals surface area contributed by atoms with E-state index in [0.29, 0.717) is 10.0 Å². The van der Waals surface area contributed by atoms with E-state index in [4.69, 9.17) is 27.6 Å². The Kier molecular flexibility index (Phi) is 4.16. The van der Waals surface area contributed by atoms with Crippen LogP contribution in [0.4, 0.5) is 5.69 Å². The highest BCUT2D eigenvalue weighted by molar-refractivity contribution is 9.10. The van der Waals surface area contributed by atoms with E-state index in [1.165, 1.54) is 0 Å². The van der Waals surface area contributed by atoms with Crippen molar-refractivity contribution in [3.63, 3.8) is 0 Å². The minimum atomic E-state index is -0.00477. The quantitative estimate of drug-likeness (QED) is 0.545. The first-order valence-electron chi connectivity index (χ1n) is 6.43. The average molecular weight is 385 g/mol. The van der Waals surface area contributed by atoms with E-state index in [1.807, 2.05) is 37.3 Å². The van der Waals surface area contributed by atoms with Crippen molar-refractivity contribution in [1.82, 2.24) is 0 Å². The lowest BCUT2D eigenvalue weighted by Gasteiger charge is -2.14. The first-order valence-corrected chi connectivity index (χ1v) is 7.98. The van der Waals surface area contributed by atoms with Crippen molar-refractivity contribution in [1.29, 1.82) is 0 Å². The standard InChI is InChI=1S/C16H12BrCl2NO/c1-9(20-14-4-3-12(18)8-13(14)19)16-7-10-6-11(17)2-5-15(10)21-16/h2-9,20H,1H3. The molecule has 1 unspecified atom stereocenters. The van der Waals surface area contributed by atoms with Gasteiger partial charge in [0.2, 0.25) is 0 Å². The second-order valence-corrected chi connectivity index (χ2v) is 6.58. The summed E-state index contributed by atoms with van der Waals surface area (Å²) in [6, 6.07) is 13.3. The van der Waals surface area contributed by atoms with Crippen molar-refractivity contribution in [2.24, 2.45) is 0 Å². The van der Waals surface area contributed by atoms with Crippen LogP contribution in [0.25, 0.3) is 11.0 Å². The van der Waals surface area contributed by atoms with Gasteiger partial charge in [0.15, 0.2) is 0 Å². The Morgan fingerprint density at radius 2 is 1.90 bits per heavy atom. The van der Waals surface area contributed by atoms with E-state index in [2.05, 4.69) is 21.2 Å². The van der Waals surface area contributed by atoms with Gasteiger partial charge in [-0.25, -0.2) is 0 Å². The van der Waals surface area contributed by atoms with Gasteiger partial charge in [-0.15, -0.1) is 0 Å². The van der Waals surface area contributed by atoms with Gasteiger partial charge in [0.05, 0.1) is 16.8 Å². The van der Waals surface area contributed by atoms with Crippen LogP contribution in [0.15, 0.2) is 51.4 Å². The molecule has 0 aliphatic rings. The number of benzene rings is 2. The lowest BCUT2D eigenvalue weighted by Crippen LogP contribution is -2.05. The zero-order chi connectivity index (χ0) is 15.0. The maximum atomic E-state index is 6.18. The first-order chi connectivity index (χ1) is 10.0. The first kappa shape index (κ1) is 14.8. The van der Waals surface area contributed by atoms with Gasteiger partial charge in [0.1, 0.15) is 11.3 Å². The van der Waals surface area contributed by atoms with Crippen LogP contribution in [0.5, 0.6) is 0 Å². The Bertz CT molecular complexity index is 800. The van der Waals surface area contributed by atoms with Crippen LogP contribution in [0.3, 0.4) is 0 Å². The summed E-state index contributed by atoms with van der Waals surface area (Å²) in [5.74, 6) is 0.856. The number of hydrogen-bond donors (Lipinski definition) is 1.